The van der Waals surface area contributed by atoms with Gasteiger partial charge in [-0.2, -0.15) is 0 Å². The molecule has 0 spiro atoms. The van der Waals surface area contributed by atoms with Crippen LogP contribution in [0.5, 0.6) is 0 Å². The Hall–Kier alpha value is -0.370. The molecular formula is C11H12O2. The van der Waals surface area contributed by atoms with Gasteiger partial charge in [-0.05, 0) is 30.1 Å². The quantitative estimate of drug-likeness (QED) is 0.588. The van der Waals surface area contributed by atoms with Gasteiger partial charge in [0.15, 0.2) is 0 Å². The average Bonchev–Trinajstić information content (AvgIpc) is 2.60. The Labute approximate surface area is 76.6 Å². The Kier molecular flexibility index (Phi) is 0.624. The van der Waals surface area contributed by atoms with Gasteiger partial charge in [-0.15, -0.1) is 0 Å². The number of carbonyl (C=O) groups is 1. The molecule has 8 unspecified atom stereocenters. The van der Waals surface area contributed by atoms with Crippen molar-refractivity contribution in [1.82, 2.24) is 0 Å². The number of methoxy groups -OCH3 is 1. The van der Waals surface area contributed by atoms with Crippen molar-refractivity contribution in [3.63, 3.8) is 0 Å². The fraction of sp³-hybridized carbons (Fsp3) is 0.909. The van der Waals surface area contributed by atoms with Gasteiger partial charge in [0.25, 0.3) is 0 Å². The van der Waals surface area contributed by atoms with Crippen molar-refractivity contribution < 1.29 is 9.53 Å². The molecule has 0 aromatic heterocycles. The van der Waals surface area contributed by atoms with Crippen molar-refractivity contribution in [2.75, 3.05) is 7.11 Å². The van der Waals surface area contributed by atoms with Crippen LogP contribution in [0.2, 0.25) is 0 Å². The maximum absolute atomic E-state index is 12.0. The van der Waals surface area contributed by atoms with Gasteiger partial charge in [-0.25, -0.2) is 0 Å². The van der Waals surface area contributed by atoms with Gasteiger partial charge >= 0.3 is 0 Å². The van der Waals surface area contributed by atoms with Crippen molar-refractivity contribution in [1.29, 1.82) is 0 Å². The van der Waals surface area contributed by atoms with E-state index in [2.05, 4.69) is 0 Å². The van der Waals surface area contributed by atoms with E-state index in [1.807, 2.05) is 7.11 Å². The summed E-state index contributed by atoms with van der Waals surface area (Å²) in [5, 5.41) is 0. The number of ketones is 1. The maximum atomic E-state index is 12.0. The summed E-state index contributed by atoms with van der Waals surface area (Å²) in [7, 11) is 1.82. The van der Waals surface area contributed by atoms with E-state index >= 15 is 0 Å². The molecule has 4 bridgehead atoms. The number of hydrogen-bond acceptors (Lipinski definition) is 2. The van der Waals surface area contributed by atoms with Crippen LogP contribution in [0.4, 0.5) is 0 Å². The fourth-order valence-corrected chi connectivity index (χ4v) is 6.27. The first-order chi connectivity index (χ1) is 6.32. The van der Waals surface area contributed by atoms with E-state index < -0.39 is 0 Å². The summed E-state index contributed by atoms with van der Waals surface area (Å²) in [6.45, 7) is 0. The number of carbonyl (C=O) groups excluding carboxylic acids is 1. The van der Waals surface area contributed by atoms with Crippen molar-refractivity contribution >= 4 is 5.78 Å². The lowest BCUT2D eigenvalue weighted by Gasteiger charge is -2.70. The van der Waals surface area contributed by atoms with E-state index in [1.165, 1.54) is 6.42 Å². The molecule has 6 rings (SSSR count). The third kappa shape index (κ3) is 0.293. The highest BCUT2D eigenvalue weighted by atomic mass is 16.5. The van der Waals surface area contributed by atoms with E-state index in [4.69, 9.17) is 4.74 Å². The lowest BCUT2D eigenvalue weighted by atomic mass is 9.38. The SMILES string of the molecule is COC12C3C(=O)C4C5CC(C41)C2C53. The van der Waals surface area contributed by atoms with Crippen LogP contribution in [0.25, 0.3) is 0 Å². The second-order valence-electron chi connectivity index (χ2n) is 5.66. The van der Waals surface area contributed by atoms with Crippen LogP contribution in [-0.2, 0) is 9.53 Å². The first kappa shape index (κ1) is 6.18. The molecule has 0 radical (unpaired) electrons. The Morgan fingerprint density at radius 3 is 2.92 bits per heavy atom. The second-order valence-corrected chi connectivity index (χ2v) is 5.66. The van der Waals surface area contributed by atoms with Crippen LogP contribution < -0.4 is 0 Å². The van der Waals surface area contributed by atoms with Gasteiger partial charge in [0.05, 0.1) is 11.5 Å². The standard InChI is InChI=1S/C11H12O2/c1-13-11-7-4-2-3-5(7)9(11)10(12)6(3)8(4)11/h3-9H,2H2,1H3. The smallest absolute Gasteiger partial charge is 0.142 e. The van der Waals surface area contributed by atoms with Crippen molar-refractivity contribution in [3.05, 3.63) is 0 Å². The summed E-state index contributed by atoms with van der Waals surface area (Å²) in [6, 6.07) is 0. The number of rotatable bonds is 1. The Balaban J connectivity index is 1.84. The lowest BCUT2D eigenvalue weighted by molar-refractivity contribution is -0.318. The fourth-order valence-electron chi connectivity index (χ4n) is 6.27. The molecule has 0 aromatic carbocycles. The molecule has 68 valence electrons. The number of ether oxygens (including phenoxy) is 1. The van der Waals surface area contributed by atoms with Crippen LogP contribution in [0, 0.1) is 41.4 Å². The summed E-state index contributed by atoms with van der Waals surface area (Å²) in [5.74, 6) is 5.31. The van der Waals surface area contributed by atoms with Crippen molar-refractivity contribution in [2.45, 2.75) is 12.0 Å². The minimum Gasteiger partial charge on any atom is -0.377 e. The summed E-state index contributed by atoms with van der Waals surface area (Å²) in [4.78, 5) is 12.0. The molecule has 6 saturated carbocycles. The molecule has 8 atom stereocenters. The van der Waals surface area contributed by atoms with Crippen LogP contribution >= 0.6 is 0 Å². The van der Waals surface area contributed by atoms with Gasteiger partial charge in [-0.1, -0.05) is 0 Å². The van der Waals surface area contributed by atoms with Crippen molar-refractivity contribution in [2.24, 2.45) is 41.4 Å². The minimum atomic E-state index is 0.0874. The van der Waals surface area contributed by atoms with Gasteiger partial charge in [-0.3, -0.25) is 4.79 Å². The molecule has 13 heavy (non-hydrogen) atoms. The number of Topliss-reactive ketones (excluding diaryl/α,β-unsaturated/α-hetero) is 1. The summed E-state index contributed by atoms with van der Waals surface area (Å²) in [5.41, 5.74) is 0.0874. The first-order valence-corrected chi connectivity index (χ1v) is 5.41. The topological polar surface area (TPSA) is 26.3 Å². The molecule has 6 aliphatic carbocycles. The van der Waals surface area contributed by atoms with Gasteiger partial charge < -0.3 is 4.74 Å². The highest BCUT2D eigenvalue weighted by Gasteiger charge is 2.94. The van der Waals surface area contributed by atoms with E-state index in [0.29, 0.717) is 23.5 Å². The lowest BCUT2D eigenvalue weighted by Crippen LogP contribution is -2.76. The van der Waals surface area contributed by atoms with Gasteiger partial charge in [0, 0.05) is 18.9 Å². The molecule has 2 nitrogen and oxygen atoms in total. The van der Waals surface area contributed by atoms with Crippen LogP contribution in [0.15, 0.2) is 0 Å². The third-order valence-electron chi connectivity index (χ3n) is 6.13. The molecule has 0 saturated heterocycles. The predicted octanol–water partition coefficient (Wildman–Crippen LogP) is 0.712. The van der Waals surface area contributed by atoms with E-state index in [-0.39, 0.29) is 5.60 Å². The van der Waals surface area contributed by atoms with Crippen molar-refractivity contribution in [3.8, 4) is 0 Å². The normalized spacial score (nSPS) is 78.8. The largest absolute Gasteiger partial charge is 0.377 e. The maximum Gasteiger partial charge on any atom is 0.142 e. The van der Waals surface area contributed by atoms with Gasteiger partial charge in [0.2, 0.25) is 0 Å². The Bertz CT molecular complexity index is 363. The molecule has 0 aliphatic heterocycles. The molecule has 6 fully saturated rings. The molecule has 0 N–H and O–H groups in total. The third-order valence-corrected chi connectivity index (χ3v) is 6.13. The zero-order valence-corrected chi connectivity index (χ0v) is 7.57. The van der Waals surface area contributed by atoms with Crippen LogP contribution in [0.3, 0.4) is 0 Å². The van der Waals surface area contributed by atoms with E-state index in [9.17, 15) is 4.79 Å². The van der Waals surface area contributed by atoms with Gasteiger partial charge in [0.1, 0.15) is 5.78 Å². The molecular weight excluding hydrogens is 164 g/mol. The highest BCUT2D eigenvalue weighted by Crippen LogP contribution is 2.89. The van der Waals surface area contributed by atoms with Crippen LogP contribution in [-0.4, -0.2) is 18.5 Å². The summed E-state index contributed by atoms with van der Waals surface area (Å²) >= 11 is 0. The molecule has 0 amide bonds. The molecule has 2 heteroatoms. The summed E-state index contributed by atoms with van der Waals surface area (Å²) < 4.78 is 5.71. The highest BCUT2D eigenvalue weighted by molar-refractivity contribution is 5.95. The van der Waals surface area contributed by atoms with E-state index in [0.717, 1.165) is 23.7 Å². The van der Waals surface area contributed by atoms with Crippen LogP contribution in [0.1, 0.15) is 6.42 Å². The Morgan fingerprint density at radius 1 is 1.38 bits per heavy atom. The summed E-state index contributed by atoms with van der Waals surface area (Å²) in [6.07, 6.45) is 1.36. The second kappa shape index (κ2) is 1.31. The van der Waals surface area contributed by atoms with E-state index in [1.54, 1.807) is 0 Å². The molecule has 6 aliphatic rings. The monoisotopic (exact) mass is 176 g/mol. The molecule has 0 heterocycles. The molecule has 0 aromatic rings. The first-order valence-electron chi connectivity index (χ1n) is 5.41. The minimum absolute atomic E-state index is 0.0874. The Morgan fingerprint density at radius 2 is 2.23 bits per heavy atom. The predicted molar refractivity (Wildman–Crippen MR) is 43.8 cm³/mol. The zero-order chi connectivity index (χ0) is 8.53. The zero-order valence-electron chi connectivity index (χ0n) is 7.57. The average molecular weight is 176 g/mol. The number of hydrogen-bond donors (Lipinski definition) is 0.